The topological polar surface area (TPSA) is 99.6 Å². The number of thioether (sulfide) groups is 1. The van der Waals surface area contributed by atoms with E-state index in [1.54, 1.807) is 30.5 Å². The van der Waals surface area contributed by atoms with E-state index in [0.717, 1.165) is 11.3 Å². The maximum atomic E-state index is 11.5. The number of ether oxygens (including phenoxy) is 2. The molecule has 0 aliphatic carbocycles. The minimum Gasteiger partial charge on any atom is -0.493 e. The number of carbonyl (C=O) groups excluding carboxylic acids is 1. The van der Waals surface area contributed by atoms with Gasteiger partial charge in [-0.2, -0.15) is 0 Å². The Hall–Kier alpha value is -3.04. The van der Waals surface area contributed by atoms with Gasteiger partial charge in [0, 0.05) is 17.9 Å². The minimum atomic E-state index is -0.754. The monoisotopic (exact) mass is 443 g/mol. The number of ketones is 1. The molecule has 0 fully saturated rings. The molecule has 0 aliphatic heterocycles. The van der Waals surface area contributed by atoms with Crippen LogP contribution in [0, 0.1) is 6.92 Å². The van der Waals surface area contributed by atoms with Crippen LogP contribution in [-0.4, -0.2) is 51.2 Å². The highest BCUT2D eigenvalue weighted by molar-refractivity contribution is 7.99. The van der Waals surface area contributed by atoms with Crippen molar-refractivity contribution in [3.63, 3.8) is 0 Å². The first-order valence-electron chi connectivity index (χ1n) is 9.65. The molecule has 31 heavy (non-hydrogen) atoms. The summed E-state index contributed by atoms with van der Waals surface area (Å²) in [6.45, 7) is 7.75. The van der Waals surface area contributed by atoms with Crippen LogP contribution in [-0.2, 0) is 6.54 Å². The molecule has 0 spiro atoms. The molecule has 9 heteroatoms. The second kappa shape index (κ2) is 10.3. The summed E-state index contributed by atoms with van der Waals surface area (Å²) in [4.78, 5) is 11.5. The summed E-state index contributed by atoms with van der Waals surface area (Å²) >= 11 is 1.38. The van der Waals surface area contributed by atoms with Crippen molar-refractivity contribution in [1.29, 1.82) is 0 Å². The molecule has 8 nitrogen and oxygen atoms in total. The molecule has 0 aliphatic rings. The molecule has 2 aromatic heterocycles. The lowest BCUT2D eigenvalue weighted by Crippen LogP contribution is -2.20. The average Bonchev–Trinajstić information content (AvgIpc) is 3.36. The molecular formula is C22H25N3O5S. The fraction of sp³-hybridized carbons (Fsp3) is 0.318. The number of carbonyl (C=O) groups is 1. The van der Waals surface area contributed by atoms with E-state index in [1.165, 1.54) is 25.8 Å². The number of Topliss-reactive ketones (excluding diaryl/α,β-unsaturated/α-hetero) is 1. The summed E-state index contributed by atoms with van der Waals surface area (Å²) in [5, 5.41) is 19.6. The molecule has 0 saturated heterocycles. The maximum Gasteiger partial charge on any atom is 0.191 e. The molecule has 1 aromatic carbocycles. The van der Waals surface area contributed by atoms with Crippen LogP contribution in [0.3, 0.4) is 0 Å². The summed E-state index contributed by atoms with van der Waals surface area (Å²) in [5.41, 5.74) is 1.40. The van der Waals surface area contributed by atoms with Gasteiger partial charge in [-0.3, -0.25) is 9.36 Å². The van der Waals surface area contributed by atoms with Gasteiger partial charge in [0.2, 0.25) is 0 Å². The molecule has 1 atom stereocenters. The third-order valence-corrected chi connectivity index (χ3v) is 5.65. The van der Waals surface area contributed by atoms with Gasteiger partial charge in [-0.05, 0) is 38.1 Å². The van der Waals surface area contributed by atoms with Crippen LogP contribution in [0.4, 0.5) is 0 Å². The van der Waals surface area contributed by atoms with Gasteiger partial charge in [0.25, 0.3) is 0 Å². The van der Waals surface area contributed by atoms with Crippen molar-refractivity contribution < 1.29 is 23.8 Å². The number of hydrogen-bond donors (Lipinski definition) is 1. The van der Waals surface area contributed by atoms with E-state index in [9.17, 15) is 9.90 Å². The molecule has 2 heterocycles. The van der Waals surface area contributed by atoms with Crippen molar-refractivity contribution in [3.8, 4) is 22.9 Å². The summed E-state index contributed by atoms with van der Waals surface area (Å²) in [6, 6.07) is 6.80. The summed E-state index contributed by atoms with van der Waals surface area (Å²) in [5.74, 6) is 2.65. The summed E-state index contributed by atoms with van der Waals surface area (Å²) in [7, 11) is 1.50. The van der Waals surface area contributed by atoms with E-state index in [-0.39, 0.29) is 12.4 Å². The summed E-state index contributed by atoms with van der Waals surface area (Å²) in [6.07, 6.45) is 2.63. The number of aliphatic hydroxyl groups excluding tert-OH is 1. The Morgan fingerprint density at radius 1 is 1.35 bits per heavy atom. The van der Waals surface area contributed by atoms with Crippen LogP contribution in [0.15, 0.2) is 52.8 Å². The number of nitrogens with zero attached hydrogens (tertiary/aromatic N) is 3. The molecule has 0 saturated carbocycles. The first kappa shape index (κ1) is 22.6. The number of rotatable bonds is 11. The fourth-order valence-corrected chi connectivity index (χ4v) is 3.77. The van der Waals surface area contributed by atoms with E-state index in [2.05, 4.69) is 16.8 Å². The Balaban J connectivity index is 1.63. The second-order valence-corrected chi connectivity index (χ2v) is 7.78. The lowest BCUT2D eigenvalue weighted by Gasteiger charge is -2.15. The number of furan rings is 1. The quantitative estimate of drug-likeness (QED) is 0.272. The molecule has 1 unspecified atom stereocenters. The van der Waals surface area contributed by atoms with E-state index < -0.39 is 6.10 Å². The number of benzene rings is 1. The molecule has 0 amide bonds. The van der Waals surface area contributed by atoms with E-state index in [0.29, 0.717) is 40.3 Å². The highest BCUT2D eigenvalue weighted by atomic mass is 32.2. The molecule has 164 valence electrons. The molecule has 3 rings (SSSR count). The van der Waals surface area contributed by atoms with Crippen molar-refractivity contribution >= 4 is 17.5 Å². The fourth-order valence-electron chi connectivity index (χ4n) is 2.92. The van der Waals surface area contributed by atoms with Crippen LogP contribution in [0.25, 0.3) is 11.4 Å². The van der Waals surface area contributed by atoms with Gasteiger partial charge in [-0.15, -0.1) is 16.8 Å². The third-order valence-electron chi connectivity index (χ3n) is 4.53. The number of aryl methyl sites for hydroxylation is 1. The van der Waals surface area contributed by atoms with Gasteiger partial charge < -0.3 is 19.0 Å². The third kappa shape index (κ3) is 5.36. The van der Waals surface area contributed by atoms with Crippen molar-refractivity contribution in [2.45, 2.75) is 31.7 Å². The number of methoxy groups -OCH3 is 1. The number of hydrogen-bond acceptors (Lipinski definition) is 8. The highest BCUT2D eigenvalue weighted by Crippen LogP contribution is 2.30. The Kier molecular flexibility index (Phi) is 7.54. The Labute approximate surface area is 184 Å². The zero-order valence-corrected chi connectivity index (χ0v) is 18.5. The van der Waals surface area contributed by atoms with Gasteiger partial charge in [-0.25, -0.2) is 0 Å². The van der Waals surface area contributed by atoms with Crippen LogP contribution in [0.5, 0.6) is 11.5 Å². The van der Waals surface area contributed by atoms with Gasteiger partial charge in [0.05, 0.1) is 25.0 Å². The predicted octanol–water partition coefficient (Wildman–Crippen LogP) is 3.78. The first-order chi connectivity index (χ1) is 14.9. The SMILES string of the molecule is C=CCn1c(SCC(O)COc2ccc(C(C)=O)cc2OC)nnc1-c1ccoc1C. The van der Waals surface area contributed by atoms with Gasteiger partial charge >= 0.3 is 0 Å². The predicted molar refractivity (Wildman–Crippen MR) is 118 cm³/mol. The Bertz CT molecular complexity index is 1060. The molecule has 0 radical (unpaired) electrons. The minimum absolute atomic E-state index is 0.0603. The zero-order chi connectivity index (χ0) is 22.4. The molecular weight excluding hydrogens is 418 g/mol. The highest BCUT2D eigenvalue weighted by Gasteiger charge is 2.18. The maximum absolute atomic E-state index is 11.5. The lowest BCUT2D eigenvalue weighted by molar-refractivity contribution is 0.101. The number of aromatic nitrogens is 3. The van der Waals surface area contributed by atoms with E-state index >= 15 is 0 Å². The van der Waals surface area contributed by atoms with Crippen LogP contribution >= 0.6 is 11.8 Å². The smallest absolute Gasteiger partial charge is 0.191 e. The molecule has 1 N–H and O–H groups in total. The second-order valence-electron chi connectivity index (χ2n) is 6.79. The first-order valence-corrected chi connectivity index (χ1v) is 10.6. The molecule has 3 aromatic rings. The van der Waals surface area contributed by atoms with Crippen molar-refractivity contribution in [2.75, 3.05) is 19.5 Å². The number of allylic oxidation sites excluding steroid dienone is 1. The van der Waals surface area contributed by atoms with E-state index in [4.69, 9.17) is 13.9 Å². The normalized spacial score (nSPS) is 11.9. The van der Waals surface area contributed by atoms with Crippen molar-refractivity contribution in [3.05, 3.63) is 54.5 Å². The van der Waals surface area contributed by atoms with Gasteiger partial charge in [0.1, 0.15) is 12.4 Å². The Morgan fingerprint density at radius 3 is 2.81 bits per heavy atom. The molecule has 0 bridgehead atoms. The van der Waals surface area contributed by atoms with E-state index in [1.807, 2.05) is 17.6 Å². The number of aliphatic hydroxyl groups is 1. The van der Waals surface area contributed by atoms with Crippen LogP contribution < -0.4 is 9.47 Å². The Morgan fingerprint density at radius 2 is 2.16 bits per heavy atom. The summed E-state index contributed by atoms with van der Waals surface area (Å²) < 4.78 is 18.3. The largest absolute Gasteiger partial charge is 0.493 e. The zero-order valence-electron chi connectivity index (χ0n) is 17.7. The van der Waals surface area contributed by atoms with Crippen LogP contribution in [0.2, 0.25) is 0 Å². The lowest BCUT2D eigenvalue weighted by atomic mass is 10.1. The van der Waals surface area contributed by atoms with Gasteiger partial charge in [0.15, 0.2) is 28.3 Å². The van der Waals surface area contributed by atoms with Crippen molar-refractivity contribution in [2.24, 2.45) is 0 Å². The van der Waals surface area contributed by atoms with Gasteiger partial charge in [-0.1, -0.05) is 17.8 Å². The standard InChI is InChI=1S/C22H25N3O5S/c1-5-9-25-21(18-8-10-29-15(18)3)23-24-22(25)31-13-17(27)12-30-19-7-6-16(14(2)26)11-20(19)28-4/h5-8,10-11,17,27H,1,9,12-13H2,2-4H3. The van der Waals surface area contributed by atoms with Crippen molar-refractivity contribution in [1.82, 2.24) is 14.8 Å². The average molecular weight is 444 g/mol. The van der Waals surface area contributed by atoms with Crippen LogP contribution in [0.1, 0.15) is 23.0 Å².